The van der Waals surface area contributed by atoms with Crippen LogP contribution in [-0.4, -0.2) is 15.3 Å². The first-order valence-corrected chi connectivity index (χ1v) is 6.48. The van der Waals surface area contributed by atoms with Crippen LogP contribution in [0.3, 0.4) is 0 Å². The van der Waals surface area contributed by atoms with Crippen molar-refractivity contribution in [1.82, 2.24) is 10.2 Å². The van der Waals surface area contributed by atoms with E-state index in [1.165, 1.54) is 0 Å². The van der Waals surface area contributed by atoms with Gasteiger partial charge in [-0.1, -0.05) is 41.4 Å². The van der Waals surface area contributed by atoms with Gasteiger partial charge in [0.15, 0.2) is 0 Å². The highest BCUT2D eigenvalue weighted by atomic mass is 35.5. The smallest absolute Gasteiger partial charge is 0.251 e. The Balaban J connectivity index is 2.10. The Labute approximate surface area is 124 Å². The Kier molecular flexibility index (Phi) is 3.34. The molecule has 0 radical (unpaired) electrons. The van der Waals surface area contributed by atoms with Crippen LogP contribution in [0.4, 0.5) is 0 Å². The van der Waals surface area contributed by atoms with E-state index in [4.69, 9.17) is 27.6 Å². The summed E-state index contributed by atoms with van der Waals surface area (Å²) in [5, 5.41) is 18.5. The number of hydrogen-bond donors (Lipinski definition) is 1. The van der Waals surface area contributed by atoms with Crippen LogP contribution in [0.1, 0.15) is 0 Å². The van der Waals surface area contributed by atoms with Gasteiger partial charge in [0.05, 0.1) is 21.2 Å². The zero-order chi connectivity index (χ0) is 14.1. The molecule has 0 aliphatic rings. The number of nitrogens with zero attached hydrogens (tertiary/aromatic N) is 2. The third-order valence-corrected chi connectivity index (χ3v) is 3.37. The predicted octanol–water partition coefficient (Wildman–Crippen LogP) is 4.42. The van der Waals surface area contributed by atoms with Crippen LogP contribution < -0.4 is 0 Å². The van der Waals surface area contributed by atoms with Crippen molar-refractivity contribution in [2.24, 2.45) is 0 Å². The van der Waals surface area contributed by atoms with Gasteiger partial charge in [-0.15, -0.1) is 10.2 Å². The van der Waals surface area contributed by atoms with E-state index in [1.807, 2.05) is 0 Å². The van der Waals surface area contributed by atoms with Gasteiger partial charge in [0.25, 0.3) is 11.8 Å². The minimum absolute atomic E-state index is 0.0629. The lowest BCUT2D eigenvalue weighted by molar-refractivity contribution is 0.473. The van der Waals surface area contributed by atoms with Crippen molar-refractivity contribution in [3.8, 4) is 28.7 Å². The van der Waals surface area contributed by atoms with E-state index in [1.54, 1.807) is 42.5 Å². The van der Waals surface area contributed by atoms with E-state index in [0.29, 0.717) is 21.2 Å². The molecule has 1 heterocycles. The zero-order valence-electron chi connectivity index (χ0n) is 10.0. The number of rotatable bonds is 2. The first kappa shape index (κ1) is 13.0. The molecule has 20 heavy (non-hydrogen) atoms. The maximum absolute atomic E-state index is 9.77. The van der Waals surface area contributed by atoms with Crippen molar-refractivity contribution >= 4 is 23.2 Å². The van der Waals surface area contributed by atoms with E-state index in [9.17, 15) is 5.11 Å². The highest BCUT2D eigenvalue weighted by molar-refractivity contribution is 6.38. The normalized spacial score (nSPS) is 10.7. The Hall–Kier alpha value is -2.04. The number of hydrogen-bond acceptors (Lipinski definition) is 4. The molecule has 0 amide bonds. The van der Waals surface area contributed by atoms with E-state index in [-0.39, 0.29) is 17.5 Å². The molecule has 1 aromatic heterocycles. The van der Waals surface area contributed by atoms with E-state index in [2.05, 4.69) is 10.2 Å². The third-order valence-electron chi connectivity index (χ3n) is 2.74. The molecule has 6 heteroatoms. The Bertz CT molecular complexity index is 751. The van der Waals surface area contributed by atoms with Gasteiger partial charge in [-0.2, -0.15) is 0 Å². The fourth-order valence-corrected chi connectivity index (χ4v) is 2.35. The van der Waals surface area contributed by atoms with Crippen LogP contribution >= 0.6 is 23.2 Å². The average molecular weight is 307 g/mol. The molecule has 0 aliphatic carbocycles. The number of benzene rings is 2. The summed E-state index contributed by atoms with van der Waals surface area (Å²) in [4.78, 5) is 0. The largest absolute Gasteiger partial charge is 0.507 e. The van der Waals surface area contributed by atoms with Gasteiger partial charge in [-0.25, -0.2) is 0 Å². The Morgan fingerprint density at radius 3 is 2.20 bits per heavy atom. The van der Waals surface area contributed by atoms with Gasteiger partial charge in [0, 0.05) is 0 Å². The van der Waals surface area contributed by atoms with Crippen molar-refractivity contribution in [3.05, 3.63) is 52.5 Å². The molecule has 100 valence electrons. The molecule has 1 N–H and O–H groups in total. The number of phenols is 1. The summed E-state index contributed by atoms with van der Waals surface area (Å²) in [6, 6.07) is 11.8. The number of aromatic hydroxyl groups is 1. The lowest BCUT2D eigenvalue weighted by Gasteiger charge is -2.01. The highest BCUT2D eigenvalue weighted by Gasteiger charge is 2.17. The summed E-state index contributed by atoms with van der Waals surface area (Å²) in [6.07, 6.45) is 0. The van der Waals surface area contributed by atoms with Gasteiger partial charge in [-0.05, 0) is 24.3 Å². The minimum Gasteiger partial charge on any atom is -0.507 e. The maximum Gasteiger partial charge on any atom is 0.251 e. The summed E-state index contributed by atoms with van der Waals surface area (Å²) in [5.74, 6) is 0.473. The first-order valence-electron chi connectivity index (χ1n) is 5.73. The van der Waals surface area contributed by atoms with Gasteiger partial charge in [0.1, 0.15) is 5.75 Å². The van der Waals surface area contributed by atoms with Crippen LogP contribution in [0.15, 0.2) is 46.9 Å². The summed E-state index contributed by atoms with van der Waals surface area (Å²) < 4.78 is 5.55. The number of para-hydroxylation sites is 1. The summed E-state index contributed by atoms with van der Waals surface area (Å²) in [5.41, 5.74) is 0.930. The summed E-state index contributed by atoms with van der Waals surface area (Å²) in [6.45, 7) is 0. The van der Waals surface area contributed by atoms with Crippen LogP contribution in [0.25, 0.3) is 22.9 Å². The van der Waals surface area contributed by atoms with Gasteiger partial charge >= 0.3 is 0 Å². The second-order valence-electron chi connectivity index (χ2n) is 4.03. The van der Waals surface area contributed by atoms with Crippen molar-refractivity contribution in [1.29, 1.82) is 0 Å². The lowest BCUT2D eigenvalue weighted by atomic mass is 10.2. The fourth-order valence-electron chi connectivity index (χ4n) is 1.79. The maximum atomic E-state index is 9.77. The van der Waals surface area contributed by atoms with Crippen molar-refractivity contribution < 1.29 is 9.52 Å². The third kappa shape index (κ3) is 2.24. The Morgan fingerprint density at radius 1 is 0.850 bits per heavy atom. The first-order chi connectivity index (χ1) is 9.66. The van der Waals surface area contributed by atoms with E-state index >= 15 is 0 Å². The number of phenolic OH excluding ortho intramolecular Hbond substituents is 1. The molecule has 0 atom stereocenters. The molecule has 0 saturated carbocycles. The molecule has 4 nitrogen and oxygen atoms in total. The zero-order valence-corrected chi connectivity index (χ0v) is 11.6. The van der Waals surface area contributed by atoms with Crippen molar-refractivity contribution in [3.63, 3.8) is 0 Å². The molecule has 0 unspecified atom stereocenters. The van der Waals surface area contributed by atoms with Crippen LogP contribution in [-0.2, 0) is 0 Å². The lowest BCUT2D eigenvalue weighted by Crippen LogP contribution is -1.81. The Morgan fingerprint density at radius 2 is 1.50 bits per heavy atom. The molecule has 3 aromatic rings. The number of aromatic nitrogens is 2. The SMILES string of the molecule is Oc1ccccc1-c1nnc(-c2c(Cl)cccc2Cl)o1. The second kappa shape index (κ2) is 5.15. The molecule has 0 aliphatic heterocycles. The van der Waals surface area contributed by atoms with E-state index in [0.717, 1.165) is 0 Å². The van der Waals surface area contributed by atoms with Gasteiger partial charge in [-0.3, -0.25) is 0 Å². The van der Waals surface area contributed by atoms with Gasteiger partial charge in [0.2, 0.25) is 0 Å². The quantitative estimate of drug-likeness (QED) is 0.761. The number of halogens is 2. The standard InChI is InChI=1S/C14H8Cl2N2O2/c15-9-5-3-6-10(16)12(9)14-18-17-13(20-14)8-4-1-2-7-11(8)19/h1-7,19H. The van der Waals surface area contributed by atoms with Crippen molar-refractivity contribution in [2.45, 2.75) is 0 Å². The van der Waals surface area contributed by atoms with Crippen LogP contribution in [0.5, 0.6) is 5.75 Å². The van der Waals surface area contributed by atoms with Crippen molar-refractivity contribution in [2.75, 3.05) is 0 Å². The molecule has 0 fully saturated rings. The topological polar surface area (TPSA) is 59.2 Å². The fraction of sp³-hybridized carbons (Fsp3) is 0. The minimum atomic E-state index is 0.0629. The van der Waals surface area contributed by atoms with E-state index < -0.39 is 0 Å². The second-order valence-corrected chi connectivity index (χ2v) is 4.84. The predicted molar refractivity (Wildman–Crippen MR) is 76.9 cm³/mol. The highest BCUT2D eigenvalue weighted by Crippen LogP contribution is 2.36. The molecule has 0 saturated heterocycles. The molecular weight excluding hydrogens is 299 g/mol. The van der Waals surface area contributed by atoms with Gasteiger partial charge < -0.3 is 9.52 Å². The molecule has 3 rings (SSSR count). The molecular formula is C14H8Cl2N2O2. The molecule has 0 spiro atoms. The molecule has 0 bridgehead atoms. The average Bonchev–Trinajstić information content (AvgIpc) is 2.88. The van der Waals surface area contributed by atoms with Crippen LogP contribution in [0, 0.1) is 0 Å². The summed E-state index contributed by atoms with van der Waals surface area (Å²) >= 11 is 12.2. The van der Waals surface area contributed by atoms with Crippen LogP contribution in [0.2, 0.25) is 10.0 Å². The monoisotopic (exact) mass is 306 g/mol. The summed E-state index contributed by atoms with van der Waals surface area (Å²) in [7, 11) is 0. The molecule has 2 aromatic carbocycles.